The lowest BCUT2D eigenvalue weighted by atomic mass is 9.92. The van der Waals surface area contributed by atoms with Gasteiger partial charge >= 0.3 is 6.18 Å². The number of Topliss-reactive ketones (excluding diaryl/α,β-unsaturated/α-hetero) is 1. The topological polar surface area (TPSA) is 20.3 Å². The molecule has 0 saturated carbocycles. The Kier molecular flexibility index (Phi) is 5.00. The second kappa shape index (κ2) is 7.46. The third-order valence-corrected chi connectivity index (χ3v) is 5.67. The lowest BCUT2D eigenvalue weighted by molar-refractivity contribution is -0.137. The molecule has 1 heterocycles. The summed E-state index contributed by atoms with van der Waals surface area (Å²) in [5, 5.41) is 0. The van der Waals surface area contributed by atoms with Crippen LogP contribution in [0.4, 0.5) is 13.2 Å². The maximum absolute atomic E-state index is 13.4. The molecule has 1 unspecified atom stereocenters. The average Bonchev–Trinajstić information content (AvgIpc) is 3.06. The van der Waals surface area contributed by atoms with Gasteiger partial charge in [0.15, 0.2) is 5.78 Å². The van der Waals surface area contributed by atoms with Crippen LogP contribution in [0.15, 0.2) is 60.3 Å². The van der Waals surface area contributed by atoms with Crippen LogP contribution in [-0.4, -0.2) is 23.8 Å². The SMILES string of the molecule is O=C1C(c2cccc(C(F)(F)F)c2)=C(N2CCCCC2)CC1c1ccccc1. The number of piperidine rings is 1. The van der Waals surface area contributed by atoms with Crippen LogP contribution >= 0.6 is 0 Å². The minimum atomic E-state index is -4.43. The van der Waals surface area contributed by atoms with Gasteiger partial charge in [0.2, 0.25) is 0 Å². The molecule has 1 fully saturated rings. The number of carbonyl (C=O) groups excluding carboxylic acids is 1. The first-order valence-electron chi connectivity index (χ1n) is 9.70. The number of rotatable bonds is 3. The van der Waals surface area contributed by atoms with E-state index in [0.717, 1.165) is 55.7 Å². The zero-order valence-corrected chi connectivity index (χ0v) is 15.5. The zero-order chi connectivity index (χ0) is 19.7. The maximum atomic E-state index is 13.4. The van der Waals surface area contributed by atoms with Crippen molar-refractivity contribution in [2.45, 2.75) is 37.8 Å². The third kappa shape index (κ3) is 3.58. The van der Waals surface area contributed by atoms with Crippen LogP contribution in [0.5, 0.6) is 0 Å². The van der Waals surface area contributed by atoms with E-state index in [0.29, 0.717) is 17.6 Å². The third-order valence-electron chi connectivity index (χ3n) is 5.67. The van der Waals surface area contributed by atoms with Crippen molar-refractivity contribution < 1.29 is 18.0 Å². The fourth-order valence-electron chi connectivity index (χ4n) is 4.27. The Bertz CT molecular complexity index is 896. The number of allylic oxidation sites excluding steroid dienone is 2. The first-order chi connectivity index (χ1) is 13.4. The van der Waals surface area contributed by atoms with E-state index >= 15 is 0 Å². The lowest BCUT2D eigenvalue weighted by Gasteiger charge is -2.31. The molecule has 1 aliphatic heterocycles. The molecule has 0 radical (unpaired) electrons. The van der Waals surface area contributed by atoms with Crippen LogP contribution in [0.1, 0.15) is 48.3 Å². The summed E-state index contributed by atoms with van der Waals surface area (Å²) < 4.78 is 39.7. The van der Waals surface area contributed by atoms with E-state index in [2.05, 4.69) is 4.90 Å². The molecule has 28 heavy (non-hydrogen) atoms. The molecule has 0 spiro atoms. The lowest BCUT2D eigenvalue weighted by Crippen LogP contribution is -2.29. The van der Waals surface area contributed by atoms with E-state index in [4.69, 9.17) is 0 Å². The Morgan fingerprint density at radius 3 is 2.29 bits per heavy atom. The van der Waals surface area contributed by atoms with E-state index < -0.39 is 11.7 Å². The minimum Gasteiger partial charge on any atom is -0.374 e. The molecular formula is C23H22F3NO. The molecule has 4 rings (SSSR count). The molecular weight excluding hydrogens is 363 g/mol. The van der Waals surface area contributed by atoms with Crippen LogP contribution in [-0.2, 0) is 11.0 Å². The maximum Gasteiger partial charge on any atom is 0.416 e. The van der Waals surface area contributed by atoms with Crippen molar-refractivity contribution in [3.05, 3.63) is 77.0 Å². The molecule has 0 aromatic heterocycles. The molecule has 0 amide bonds. The summed E-state index contributed by atoms with van der Waals surface area (Å²) in [5.74, 6) is -0.409. The van der Waals surface area contributed by atoms with Gasteiger partial charge in [-0.1, -0.05) is 42.5 Å². The summed E-state index contributed by atoms with van der Waals surface area (Å²) in [4.78, 5) is 15.6. The molecule has 2 aliphatic rings. The summed E-state index contributed by atoms with van der Waals surface area (Å²) >= 11 is 0. The van der Waals surface area contributed by atoms with Gasteiger partial charge in [-0.15, -0.1) is 0 Å². The van der Waals surface area contributed by atoms with Gasteiger partial charge in [-0.25, -0.2) is 0 Å². The van der Waals surface area contributed by atoms with Gasteiger partial charge in [-0.2, -0.15) is 13.2 Å². The molecule has 1 saturated heterocycles. The Labute approximate surface area is 162 Å². The Morgan fingerprint density at radius 1 is 0.893 bits per heavy atom. The number of likely N-dealkylation sites (tertiary alicyclic amines) is 1. The quantitative estimate of drug-likeness (QED) is 0.680. The van der Waals surface area contributed by atoms with Crippen LogP contribution < -0.4 is 0 Å². The summed E-state index contributed by atoms with van der Waals surface area (Å²) in [6.07, 6.45) is -0.636. The summed E-state index contributed by atoms with van der Waals surface area (Å²) in [6, 6.07) is 14.7. The normalized spacial score (nSPS) is 20.8. The minimum absolute atomic E-state index is 0.0777. The smallest absolute Gasteiger partial charge is 0.374 e. The van der Waals surface area contributed by atoms with Crippen molar-refractivity contribution in [3.63, 3.8) is 0 Å². The van der Waals surface area contributed by atoms with Crippen LogP contribution in [0, 0.1) is 0 Å². The monoisotopic (exact) mass is 385 g/mol. The number of hydrogen-bond donors (Lipinski definition) is 0. The van der Waals surface area contributed by atoms with E-state index in [9.17, 15) is 18.0 Å². The molecule has 1 atom stereocenters. The number of nitrogens with zero attached hydrogens (tertiary/aromatic N) is 1. The van der Waals surface area contributed by atoms with Gasteiger partial charge in [0.05, 0.1) is 11.5 Å². The molecule has 5 heteroatoms. The van der Waals surface area contributed by atoms with E-state index in [1.165, 1.54) is 6.07 Å². The fraction of sp³-hybridized carbons (Fsp3) is 0.348. The van der Waals surface area contributed by atoms with Crippen LogP contribution in [0.25, 0.3) is 5.57 Å². The average molecular weight is 385 g/mol. The Hall–Kier alpha value is -2.56. The number of hydrogen-bond acceptors (Lipinski definition) is 2. The van der Waals surface area contributed by atoms with Crippen molar-refractivity contribution in [3.8, 4) is 0 Å². The van der Waals surface area contributed by atoms with Crippen LogP contribution in [0.3, 0.4) is 0 Å². The van der Waals surface area contributed by atoms with Crippen molar-refractivity contribution in [1.82, 2.24) is 4.90 Å². The highest BCUT2D eigenvalue weighted by molar-refractivity contribution is 6.26. The highest BCUT2D eigenvalue weighted by Crippen LogP contribution is 2.43. The van der Waals surface area contributed by atoms with Gasteiger partial charge in [0.25, 0.3) is 0 Å². The summed E-state index contributed by atoms with van der Waals surface area (Å²) in [7, 11) is 0. The van der Waals surface area contributed by atoms with E-state index in [1.807, 2.05) is 30.3 Å². The van der Waals surface area contributed by atoms with E-state index in [1.54, 1.807) is 6.07 Å². The molecule has 1 aliphatic carbocycles. The standard InChI is InChI=1S/C23H22F3NO/c24-23(25,26)18-11-7-10-17(14-18)21-20(27-12-5-2-6-13-27)15-19(22(21)28)16-8-3-1-4-9-16/h1,3-4,7-11,14,19H,2,5-6,12-13,15H2. The van der Waals surface area contributed by atoms with Crippen LogP contribution in [0.2, 0.25) is 0 Å². The van der Waals surface area contributed by atoms with Gasteiger partial charge < -0.3 is 4.90 Å². The molecule has 0 bridgehead atoms. The molecule has 2 nitrogen and oxygen atoms in total. The Morgan fingerprint density at radius 2 is 1.61 bits per heavy atom. The molecule has 2 aromatic carbocycles. The van der Waals surface area contributed by atoms with Gasteiger partial charge in [-0.3, -0.25) is 4.79 Å². The van der Waals surface area contributed by atoms with Gasteiger partial charge in [0, 0.05) is 30.8 Å². The second-order valence-corrected chi connectivity index (χ2v) is 7.48. The number of ketones is 1. The molecule has 0 N–H and O–H groups in total. The van der Waals surface area contributed by atoms with Gasteiger partial charge in [0.1, 0.15) is 0 Å². The largest absolute Gasteiger partial charge is 0.416 e. The van der Waals surface area contributed by atoms with Crippen molar-refractivity contribution in [2.24, 2.45) is 0 Å². The van der Waals surface area contributed by atoms with Crippen molar-refractivity contribution in [2.75, 3.05) is 13.1 Å². The highest BCUT2D eigenvalue weighted by Gasteiger charge is 2.38. The zero-order valence-electron chi connectivity index (χ0n) is 15.5. The molecule has 2 aromatic rings. The predicted octanol–water partition coefficient (Wildman–Crippen LogP) is 5.66. The second-order valence-electron chi connectivity index (χ2n) is 7.48. The summed E-state index contributed by atoms with van der Waals surface area (Å²) in [5.41, 5.74) is 1.94. The van der Waals surface area contributed by atoms with Gasteiger partial charge in [-0.05, 0) is 42.5 Å². The Balaban J connectivity index is 1.78. The highest BCUT2D eigenvalue weighted by atomic mass is 19.4. The predicted molar refractivity (Wildman–Crippen MR) is 103 cm³/mol. The number of alkyl halides is 3. The number of benzene rings is 2. The summed E-state index contributed by atoms with van der Waals surface area (Å²) in [6.45, 7) is 1.71. The van der Waals surface area contributed by atoms with E-state index in [-0.39, 0.29) is 11.7 Å². The van der Waals surface area contributed by atoms with Crippen molar-refractivity contribution in [1.29, 1.82) is 0 Å². The fourth-order valence-corrected chi connectivity index (χ4v) is 4.27. The number of halogens is 3. The van der Waals surface area contributed by atoms with Crippen molar-refractivity contribution >= 4 is 11.4 Å². The first kappa shape index (κ1) is 18.8. The molecule has 146 valence electrons. The number of carbonyl (C=O) groups is 1. The first-order valence-corrected chi connectivity index (χ1v) is 9.70.